The van der Waals surface area contributed by atoms with Gasteiger partial charge >= 0.3 is 141 Å². The van der Waals surface area contributed by atoms with Crippen molar-refractivity contribution in [3.05, 3.63) is 53.6 Å². The van der Waals surface area contributed by atoms with E-state index in [1.54, 1.807) is 31.1 Å². The normalized spacial score (nSPS) is 11.1. The average molecular weight is 362 g/mol. The van der Waals surface area contributed by atoms with Crippen LogP contribution in [0.15, 0.2) is 42.5 Å². The molecule has 3 nitrogen and oxygen atoms in total. The Morgan fingerprint density at radius 3 is 1.95 bits per heavy atom. The first-order valence-electron chi connectivity index (χ1n) is 7.18. The molecule has 0 bridgehead atoms. The summed E-state index contributed by atoms with van der Waals surface area (Å²) in [6.07, 6.45) is 0. The van der Waals surface area contributed by atoms with Crippen LogP contribution in [0.1, 0.15) is 25.0 Å². The van der Waals surface area contributed by atoms with Crippen molar-refractivity contribution in [3.8, 4) is 17.2 Å². The Bertz CT molecular complexity index is 593. The molecule has 1 unspecified atom stereocenters. The number of ether oxygens (including phenoxy) is 3. The Labute approximate surface area is 141 Å². The summed E-state index contributed by atoms with van der Waals surface area (Å²) in [5.41, 5.74) is 2.28. The van der Waals surface area contributed by atoms with Gasteiger partial charge in [-0.3, -0.25) is 0 Å². The van der Waals surface area contributed by atoms with Crippen LogP contribution in [0.5, 0.6) is 17.2 Å². The molecule has 0 radical (unpaired) electrons. The van der Waals surface area contributed by atoms with Gasteiger partial charge in [-0.2, -0.15) is 0 Å². The summed E-state index contributed by atoms with van der Waals surface area (Å²) < 4.78 is 17.1. The summed E-state index contributed by atoms with van der Waals surface area (Å²) in [7, 11) is 3.31. The number of hydrogen-bond donors (Lipinski definition) is 0. The minimum atomic E-state index is 0.0749. The van der Waals surface area contributed by atoms with Crippen LogP contribution >= 0.6 is 0 Å². The molecule has 1 atom stereocenters. The molecule has 2 aromatic carbocycles. The van der Waals surface area contributed by atoms with Crippen LogP contribution in [-0.2, 0) is 10.8 Å². The summed E-state index contributed by atoms with van der Waals surface area (Å²) >= 11 is 1.66. The molecular formula is C18H23AsO3. The van der Waals surface area contributed by atoms with E-state index < -0.39 is 0 Å². The molecule has 0 heterocycles. The molecule has 2 aromatic rings. The van der Waals surface area contributed by atoms with Gasteiger partial charge in [0.2, 0.25) is 0 Å². The molecule has 0 spiro atoms. The SMILES string of the molecule is COc1cc(C(C)(C)[AsH2])cc(OC)c1OCc1ccccc1. The molecule has 0 aromatic heterocycles. The fraction of sp³-hybridized carbons (Fsp3) is 0.333. The average Bonchev–Trinajstić information content (AvgIpc) is 2.52. The van der Waals surface area contributed by atoms with Crippen molar-refractivity contribution in [2.45, 2.75) is 24.7 Å². The van der Waals surface area contributed by atoms with Crippen LogP contribution in [0.4, 0.5) is 0 Å². The molecule has 0 saturated carbocycles. The van der Waals surface area contributed by atoms with Crippen molar-refractivity contribution in [1.29, 1.82) is 0 Å². The zero-order valence-electron chi connectivity index (χ0n) is 13.6. The molecule has 0 amide bonds. The first-order chi connectivity index (χ1) is 10.5. The quantitative estimate of drug-likeness (QED) is 0.739. The first-order valence-corrected chi connectivity index (χ1v) is 8.39. The third-order valence-corrected chi connectivity index (χ3v) is 4.13. The van der Waals surface area contributed by atoms with E-state index in [1.165, 1.54) is 5.56 Å². The molecule has 4 heteroatoms. The van der Waals surface area contributed by atoms with Crippen molar-refractivity contribution in [2.75, 3.05) is 14.2 Å². The van der Waals surface area contributed by atoms with Crippen LogP contribution in [0, 0.1) is 0 Å². The van der Waals surface area contributed by atoms with E-state index >= 15 is 0 Å². The van der Waals surface area contributed by atoms with Crippen LogP contribution in [0.25, 0.3) is 0 Å². The van der Waals surface area contributed by atoms with Crippen molar-refractivity contribution < 1.29 is 14.2 Å². The standard InChI is InChI=1S/C18H23AsO3/c1-18(2,19)14-10-15(20-3)17(16(11-14)21-4)22-12-13-8-6-5-7-9-13/h5-11H,12,19H2,1-4H3. The van der Waals surface area contributed by atoms with E-state index in [9.17, 15) is 0 Å². The first kappa shape index (κ1) is 16.8. The molecule has 118 valence electrons. The predicted octanol–water partition coefficient (Wildman–Crippen LogP) is 3.15. The Morgan fingerprint density at radius 2 is 1.50 bits per heavy atom. The van der Waals surface area contributed by atoms with Gasteiger partial charge in [0.1, 0.15) is 0 Å². The van der Waals surface area contributed by atoms with Crippen molar-refractivity contribution in [1.82, 2.24) is 0 Å². The van der Waals surface area contributed by atoms with E-state index in [2.05, 4.69) is 13.8 Å². The number of methoxy groups -OCH3 is 2. The van der Waals surface area contributed by atoms with Gasteiger partial charge in [-0.15, -0.1) is 0 Å². The Hall–Kier alpha value is -1.60. The molecule has 0 aliphatic heterocycles. The van der Waals surface area contributed by atoms with Crippen molar-refractivity contribution in [2.24, 2.45) is 0 Å². The molecule has 0 aliphatic carbocycles. The minimum absolute atomic E-state index is 0.0749. The second kappa shape index (κ2) is 7.11. The molecule has 2 rings (SSSR count). The molecule has 0 saturated heterocycles. The number of hydrogen-bond acceptors (Lipinski definition) is 3. The van der Waals surface area contributed by atoms with Gasteiger partial charge in [-0.1, -0.05) is 0 Å². The van der Waals surface area contributed by atoms with E-state index in [0.717, 1.165) is 5.56 Å². The third-order valence-electron chi connectivity index (χ3n) is 3.43. The van der Waals surface area contributed by atoms with Crippen molar-refractivity contribution >= 4 is 16.9 Å². The van der Waals surface area contributed by atoms with Crippen LogP contribution in [-0.4, -0.2) is 31.1 Å². The third kappa shape index (κ3) is 3.98. The zero-order valence-corrected chi connectivity index (χ0v) is 16.0. The van der Waals surface area contributed by atoms with Gasteiger partial charge in [0.15, 0.2) is 0 Å². The van der Waals surface area contributed by atoms with E-state index in [-0.39, 0.29) is 4.20 Å². The van der Waals surface area contributed by atoms with Gasteiger partial charge in [0.05, 0.1) is 0 Å². The Kier molecular flexibility index (Phi) is 5.41. The van der Waals surface area contributed by atoms with E-state index in [1.807, 2.05) is 42.5 Å². The number of rotatable bonds is 6. The summed E-state index contributed by atoms with van der Waals surface area (Å²) in [5, 5.41) is 0. The monoisotopic (exact) mass is 362 g/mol. The molecule has 0 N–H and O–H groups in total. The van der Waals surface area contributed by atoms with Crippen molar-refractivity contribution in [3.63, 3.8) is 0 Å². The maximum atomic E-state index is 5.96. The van der Waals surface area contributed by atoms with Crippen LogP contribution in [0.3, 0.4) is 0 Å². The second-order valence-electron chi connectivity index (χ2n) is 5.71. The van der Waals surface area contributed by atoms with Crippen LogP contribution in [0.2, 0.25) is 0 Å². The molecule has 22 heavy (non-hydrogen) atoms. The predicted molar refractivity (Wildman–Crippen MR) is 91.9 cm³/mol. The van der Waals surface area contributed by atoms with Crippen LogP contribution < -0.4 is 14.2 Å². The molecule has 0 aliphatic rings. The summed E-state index contributed by atoms with van der Waals surface area (Å²) in [5.74, 6) is 2.06. The summed E-state index contributed by atoms with van der Waals surface area (Å²) in [6.45, 7) is 4.85. The Morgan fingerprint density at radius 1 is 0.955 bits per heavy atom. The molecular weight excluding hydrogens is 339 g/mol. The van der Waals surface area contributed by atoms with Gasteiger partial charge < -0.3 is 0 Å². The number of benzene rings is 2. The maximum absolute atomic E-state index is 5.96. The van der Waals surface area contributed by atoms with E-state index in [0.29, 0.717) is 23.9 Å². The van der Waals surface area contributed by atoms with Gasteiger partial charge in [0.25, 0.3) is 0 Å². The fourth-order valence-electron chi connectivity index (χ4n) is 2.12. The fourth-order valence-corrected chi connectivity index (χ4v) is 2.47. The Balaban J connectivity index is 2.33. The topological polar surface area (TPSA) is 27.7 Å². The summed E-state index contributed by atoms with van der Waals surface area (Å²) in [4.78, 5) is 0. The van der Waals surface area contributed by atoms with Gasteiger partial charge in [-0.05, 0) is 0 Å². The summed E-state index contributed by atoms with van der Waals surface area (Å²) in [6, 6.07) is 14.1. The zero-order chi connectivity index (χ0) is 16.2. The van der Waals surface area contributed by atoms with Gasteiger partial charge in [-0.25, -0.2) is 0 Å². The van der Waals surface area contributed by atoms with E-state index in [4.69, 9.17) is 14.2 Å². The second-order valence-corrected chi connectivity index (χ2v) is 8.73. The van der Waals surface area contributed by atoms with Gasteiger partial charge in [0, 0.05) is 0 Å². The molecule has 0 fully saturated rings.